The number of aliphatic imine (C=N–C) groups is 1. The molecule has 2 rings (SSSR count). The van der Waals surface area contributed by atoms with E-state index >= 15 is 0 Å². The number of nitrogens with one attached hydrogen (secondary N) is 2. The third kappa shape index (κ3) is 5.00. The first-order chi connectivity index (χ1) is 12.2. The third-order valence-corrected chi connectivity index (χ3v) is 3.62. The van der Waals surface area contributed by atoms with Crippen molar-refractivity contribution in [2.75, 3.05) is 28.4 Å². The van der Waals surface area contributed by atoms with E-state index < -0.39 is 0 Å². The van der Waals surface area contributed by atoms with E-state index in [9.17, 15) is 0 Å². The molecule has 1 heterocycles. The van der Waals surface area contributed by atoms with Crippen molar-refractivity contribution in [3.8, 4) is 17.4 Å². The van der Waals surface area contributed by atoms with Crippen molar-refractivity contribution in [1.29, 1.82) is 0 Å². The lowest BCUT2D eigenvalue weighted by Gasteiger charge is -2.14. The molecule has 7 nitrogen and oxygen atoms in total. The van der Waals surface area contributed by atoms with Crippen molar-refractivity contribution >= 4 is 5.96 Å². The molecule has 2 N–H and O–H groups in total. The van der Waals surface area contributed by atoms with Gasteiger partial charge in [-0.3, -0.25) is 4.99 Å². The smallest absolute Gasteiger partial charge is 0.218 e. The van der Waals surface area contributed by atoms with Crippen LogP contribution in [0.1, 0.15) is 11.1 Å². The molecular formula is C18H24N4O3. The van der Waals surface area contributed by atoms with Crippen LogP contribution in [0.15, 0.2) is 41.5 Å². The van der Waals surface area contributed by atoms with E-state index in [0.717, 1.165) is 11.1 Å². The Kier molecular flexibility index (Phi) is 6.88. The molecule has 0 aliphatic carbocycles. The first kappa shape index (κ1) is 18.4. The Morgan fingerprint density at radius 2 is 1.76 bits per heavy atom. The fraction of sp³-hybridized carbons (Fsp3) is 0.333. The SMILES string of the molecule is CN=C(NCc1ccc(OC)c(OC)c1)NCc1cccnc1OC. The maximum Gasteiger partial charge on any atom is 0.218 e. The van der Waals surface area contributed by atoms with E-state index in [1.165, 1.54) is 0 Å². The first-order valence-corrected chi connectivity index (χ1v) is 7.85. The van der Waals surface area contributed by atoms with Gasteiger partial charge in [0.15, 0.2) is 17.5 Å². The molecule has 0 atom stereocenters. The Morgan fingerprint density at radius 3 is 2.44 bits per heavy atom. The highest BCUT2D eigenvalue weighted by Gasteiger charge is 2.07. The summed E-state index contributed by atoms with van der Waals surface area (Å²) in [6.07, 6.45) is 1.70. The van der Waals surface area contributed by atoms with Crippen LogP contribution in [0, 0.1) is 0 Å². The van der Waals surface area contributed by atoms with Gasteiger partial charge in [-0.2, -0.15) is 0 Å². The van der Waals surface area contributed by atoms with Crippen LogP contribution in [-0.2, 0) is 13.1 Å². The van der Waals surface area contributed by atoms with E-state index in [2.05, 4.69) is 20.6 Å². The summed E-state index contributed by atoms with van der Waals surface area (Å²) >= 11 is 0. The van der Waals surface area contributed by atoms with Crippen molar-refractivity contribution in [2.45, 2.75) is 13.1 Å². The van der Waals surface area contributed by atoms with Crippen molar-refractivity contribution in [3.05, 3.63) is 47.7 Å². The van der Waals surface area contributed by atoms with Gasteiger partial charge in [-0.1, -0.05) is 12.1 Å². The van der Waals surface area contributed by atoms with Gasteiger partial charge in [0.2, 0.25) is 5.88 Å². The minimum atomic E-state index is 0.558. The molecule has 2 aromatic rings. The Labute approximate surface area is 148 Å². The number of pyridine rings is 1. The van der Waals surface area contributed by atoms with Gasteiger partial charge >= 0.3 is 0 Å². The van der Waals surface area contributed by atoms with Crippen LogP contribution >= 0.6 is 0 Å². The summed E-state index contributed by atoms with van der Waals surface area (Å²) in [5.41, 5.74) is 2.01. The van der Waals surface area contributed by atoms with Gasteiger partial charge in [0.1, 0.15) is 0 Å². The van der Waals surface area contributed by atoms with Crippen molar-refractivity contribution in [3.63, 3.8) is 0 Å². The van der Waals surface area contributed by atoms with Crippen LogP contribution in [0.5, 0.6) is 17.4 Å². The van der Waals surface area contributed by atoms with E-state index in [-0.39, 0.29) is 0 Å². The van der Waals surface area contributed by atoms with Crippen molar-refractivity contribution in [2.24, 2.45) is 4.99 Å². The van der Waals surface area contributed by atoms with Gasteiger partial charge in [0.05, 0.1) is 21.3 Å². The summed E-state index contributed by atoms with van der Waals surface area (Å²) in [6.45, 7) is 1.16. The van der Waals surface area contributed by atoms with E-state index in [4.69, 9.17) is 14.2 Å². The summed E-state index contributed by atoms with van der Waals surface area (Å²) < 4.78 is 15.8. The minimum Gasteiger partial charge on any atom is -0.493 e. The van der Waals surface area contributed by atoms with Crippen molar-refractivity contribution < 1.29 is 14.2 Å². The molecule has 0 fully saturated rings. The minimum absolute atomic E-state index is 0.558. The molecule has 0 spiro atoms. The summed E-state index contributed by atoms with van der Waals surface area (Å²) in [4.78, 5) is 8.41. The van der Waals surface area contributed by atoms with Gasteiger partial charge in [0.25, 0.3) is 0 Å². The predicted molar refractivity (Wildman–Crippen MR) is 97.4 cm³/mol. The zero-order chi connectivity index (χ0) is 18.1. The van der Waals surface area contributed by atoms with E-state index in [1.54, 1.807) is 34.6 Å². The van der Waals surface area contributed by atoms with Gasteiger partial charge < -0.3 is 24.8 Å². The molecule has 0 unspecified atom stereocenters. The average Bonchev–Trinajstić information content (AvgIpc) is 2.68. The molecule has 0 amide bonds. The second-order valence-electron chi connectivity index (χ2n) is 5.14. The number of ether oxygens (including phenoxy) is 3. The molecule has 0 aliphatic heterocycles. The van der Waals surface area contributed by atoms with Gasteiger partial charge in [-0.05, 0) is 23.8 Å². The lowest BCUT2D eigenvalue weighted by molar-refractivity contribution is 0.354. The number of benzene rings is 1. The standard InChI is InChI=1S/C18H24N4O3/c1-19-18(22-12-14-6-5-9-20-17(14)25-4)21-11-13-7-8-15(23-2)16(10-13)24-3/h5-10H,11-12H2,1-4H3,(H2,19,21,22). The molecular weight excluding hydrogens is 320 g/mol. The molecule has 0 saturated heterocycles. The fourth-order valence-electron chi connectivity index (χ4n) is 2.32. The second kappa shape index (κ2) is 9.36. The average molecular weight is 344 g/mol. The maximum atomic E-state index is 5.32. The van der Waals surface area contributed by atoms with Crippen LogP contribution in [0.25, 0.3) is 0 Å². The molecule has 0 bridgehead atoms. The Balaban J connectivity index is 1.94. The number of rotatable bonds is 7. The number of nitrogens with zero attached hydrogens (tertiary/aromatic N) is 2. The number of guanidine groups is 1. The monoisotopic (exact) mass is 344 g/mol. The van der Waals surface area contributed by atoms with Crippen molar-refractivity contribution in [1.82, 2.24) is 15.6 Å². The Bertz CT molecular complexity index is 719. The first-order valence-electron chi connectivity index (χ1n) is 7.85. The van der Waals surface area contributed by atoms with E-state index in [1.807, 2.05) is 30.3 Å². The van der Waals surface area contributed by atoms with Gasteiger partial charge in [-0.25, -0.2) is 4.98 Å². The largest absolute Gasteiger partial charge is 0.493 e. The molecule has 7 heteroatoms. The quantitative estimate of drug-likeness (QED) is 0.591. The topological polar surface area (TPSA) is 77.0 Å². The summed E-state index contributed by atoms with van der Waals surface area (Å²) in [7, 11) is 6.57. The highest BCUT2D eigenvalue weighted by atomic mass is 16.5. The zero-order valence-corrected chi connectivity index (χ0v) is 15.0. The Hall–Kier alpha value is -2.96. The Morgan fingerprint density at radius 1 is 1.00 bits per heavy atom. The van der Waals surface area contributed by atoms with Crippen LogP contribution in [-0.4, -0.2) is 39.3 Å². The summed E-state index contributed by atoms with van der Waals surface area (Å²) in [6, 6.07) is 9.63. The van der Waals surface area contributed by atoms with Gasteiger partial charge in [0, 0.05) is 31.9 Å². The molecule has 1 aromatic heterocycles. The lowest BCUT2D eigenvalue weighted by atomic mass is 10.2. The van der Waals surface area contributed by atoms with Crippen LogP contribution in [0.2, 0.25) is 0 Å². The molecule has 0 saturated carbocycles. The number of methoxy groups -OCH3 is 3. The molecule has 0 aliphatic rings. The predicted octanol–water partition coefficient (Wildman–Crippen LogP) is 1.97. The third-order valence-electron chi connectivity index (χ3n) is 3.62. The van der Waals surface area contributed by atoms with Crippen LogP contribution < -0.4 is 24.8 Å². The number of hydrogen-bond acceptors (Lipinski definition) is 5. The maximum absolute atomic E-state index is 5.32. The van der Waals surface area contributed by atoms with Crippen LogP contribution in [0.4, 0.5) is 0 Å². The fourth-order valence-corrected chi connectivity index (χ4v) is 2.32. The molecule has 134 valence electrons. The normalized spacial score (nSPS) is 11.0. The second-order valence-corrected chi connectivity index (χ2v) is 5.14. The number of hydrogen-bond donors (Lipinski definition) is 2. The number of aromatic nitrogens is 1. The highest BCUT2D eigenvalue weighted by molar-refractivity contribution is 5.79. The summed E-state index contributed by atoms with van der Waals surface area (Å²) in [5, 5.41) is 6.51. The molecule has 25 heavy (non-hydrogen) atoms. The lowest BCUT2D eigenvalue weighted by Crippen LogP contribution is -2.36. The molecule has 1 aromatic carbocycles. The van der Waals surface area contributed by atoms with E-state index in [0.29, 0.717) is 36.4 Å². The van der Waals surface area contributed by atoms with Crippen LogP contribution in [0.3, 0.4) is 0 Å². The zero-order valence-electron chi connectivity index (χ0n) is 15.0. The van der Waals surface area contributed by atoms with Gasteiger partial charge in [-0.15, -0.1) is 0 Å². The molecule has 0 radical (unpaired) electrons. The highest BCUT2D eigenvalue weighted by Crippen LogP contribution is 2.27. The summed E-state index contributed by atoms with van der Waals surface area (Å²) in [5.74, 6) is 2.69.